The number of aryl methyl sites for hydroxylation is 1. The Kier molecular flexibility index (Phi) is 9.65. The van der Waals surface area contributed by atoms with Gasteiger partial charge in [-0.15, -0.1) is 0 Å². The normalized spacial score (nSPS) is 11.8. The van der Waals surface area contributed by atoms with E-state index in [0.717, 1.165) is 18.6 Å². The van der Waals surface area contributed by atoms with Crippen LogP contribution >= 0.6 is 0 Å². The van der Waals surface area contributed by atoms with Crippen LogP contribution in [0.15, 0.2) is 48.5 Å². The lowest BCUT2D eigenvalue weighted by Crippen LogP contribution is -2.25. The molecule has 0 spiro atoms. The number of halogens is 13. The SMILES string of the molecule is CCCCc1cc(F)c(C#Cc2cc(F)c(-c3cc(F)c(C(F)(F)Oc4cc(F)c(C(F)(F)F)c(F)c4)c(F)c3)c(F)c2)c(F)c1. The summed E-state index contributed by atoms with van der Waals surface area (Å²) < 4.78 is 187. The van der Waals surface area contributed by atoms with Crippen LogP contribution in [0.25, 0.3) is 11.1 Å². The smallest absolute Gasteiger partial charge is 0.429 e. The Morgan fingerprint density at radius 1 is 0.587 bits per heavy atom. The third kappa shape index (κ3) is 7.24. The Balaban J connectivity index is 1.64. The van der Waals surface area contributed by atoms with Gasteiger partial charge in [0, 0.05) is 17.7 Å². The second-order valence-electron chi connectivity index (χ2n) is 9.80. The van der Waals surface area contributed by atoms with Gasteiger partial charge in [0.2, 0.25) is 0 Å². The van der Waals surface area contributed by atoms with Crippen molar-refractivity contribution in [1.82, 2.24) is 0 Å². The van der Waals surface area contributed by atoms with E-state index in [1.807, 2.05) is 6.92 Å². The largest absolute Gasteiger partial charge is 0.432 e. The van der Waals surface area contributed by atoms with Crippen molar-refractivity contribution < 1.29 is 61.8 Å². The van der Waals surface area contributed by atoms with Crippen LogP contribution in [-0.4, -0.2) is 0 Å². The van der Waals surface area contributed by atoms with Gasteiger partial charge in [-0.3, -0.25) is 0 Å². The average Bonchev–Trinajstić information content (AvgIpc) is 2.89. The van der Waals surface area contributed by atoms with Gasteiger partial charge in [-0.25, -0.2) is 35.1 Å². The lowest BCUT2D eigenvalue weighted by Gasteiger charge is -2.21. The van der Waals surface area contributed by atoms with Gasteiger partial charge in [0.25, 0.3) is 0 Å². The summed E-state index contributed by atoms with van der Waals surface area (Å²) in [5, 5.41) is 0. The molecule has 0 atom stereocenters. The molecule has 0 aliphatic heterocycles. The van der Waals surface area contributed by atoms with Crippen LogP contribution in [0.3, 0.4) is 0 Å². The number of benzene rings is 4. The monoisotopic (exact) mass is 664 g/mol. The standard InChI is InChI=1S/C32H17F13O/c1-2-3-4-15-7-20(33)19(21(34)8-15)6-5-16-9-22(35)28(23(36)10-16)17-11-24(37)30(25(38)12-17)32(44,45)46-18-13-26(39)29(27(40)14-18)31(41,42)43/h7-14H,2-4H2,1H3. The summed E-state index contributed by atoms with van der Waals surface area (Å²) in [6.45, 7) is 1.88. The Morgan fingerprint density at radius 3 is 1.57 bits per heavy atom. The highest BCUT2D eigenvalue weighted by molar-refractivity contribution is 5.67. The molecule has 0 fully saturated rings. The van der Waals surface area contributed by atoms with Gasteiger partial charge < -0.3 is 4.74 Å². The molecule has 4 rings (SSSR count). The summed E-state index contributed by atoms with van der Waals surface area (Å²) in [4.78, 5) is 0. The summed E-state index contributed by atoms with van der Waals surface area (Å²) in [5.41, 5.74) is -7.47. The average molecular weight is 664 g/mol. The molecular weight excluding hydrogens is 647 g/mol. The van der Waals surface area contributed by atoms with Crippen LogP contribution in [0.4, 0.5) is 57.1 Å². The van der Waals surface area contributed by atoms with Crippen molar-refractivity contribution in [3.63, 3.8) is 0 Å². The van der Waals surface area contributed by atoms with Crippen molar-refractivity contribution >= 4 is 0 Å². The van der Waals surface area contributed by atoms with E-state index in [0.29, 0.717) is 30.5 Å². The number of hydrogen-bond donors (Lipinski definition) is 0. The minimum Gasteiger partial charge on any atom is -0.429 e. The number of alkyl halides is 5. The first-order chi connectivity index (χ1) is 21.4. The van der Waals surface area contributed by atoms with Crippen molar-refractivity contribution in [1.29, 1.82) is 0 Å². The first kappa shape index (κ1) is 34.2. The van der Waals surface area contributed by atoms with Gasteiger partial charge in [-0.05, 0) is 60.4 Å². The van der Waals surface area contributed by atoms with Gasteiger partial charge in [0.05, 0.1) is 11.1 Å². The van der Waals surface area contributed by atoms with E-state index in [9.17, 15) is 57.1 Å². The molecule has 0 radical (unpaired) electrons. The maximum Gasteiger partial charge on any atom is 0.432 e. The molecule has 0 saturated heterocycles. The Labute approximate surface area is 252 Å². The first-order valence-corrected chi connectivity index (χ1v) is 13.0. The van der Waals surface area contributed by atoms with Crippen molar-refractivity contribution in [3.05, 3.63) is 123 Å². The van der Waals surface area contributed by atoms with Gasteiger partial charge in [-0.2, -0.15) is 22.0 Å². The molecule has 0 unspecified atom stereocenters. The molecule has 4 aromatic rings. The quantitative estimate of drug-likeness (QED) is 0.141. The Bertz CT molecular complexity index is 1770. The number of unbranched alkanes of at least 4 members (excludes halogenated alkanes) is 1. The van der Waals surface area contributed by atoms with Gasteiger partial charge >= 0.3 is 12.3 Å². The zero-order chi connectivity index (χ0) is 34.1. The van der Waals surface area contributed by atoms with Crippen molar-refractivity contribution in [2.24, 2.45) is 0 Å². The summed E-state index contributed by atoms with van der Waals surface area (Å²) >= 11 is 0. The van der Waals surface area contributed by atoms with Crippen LogP contribution in [0.1, 0.15) is 47.6 Å². The minimum atomic E-state index is -5.55. The Hall–Kier alpha value is -4.67. The molecule has 0 saturated carbocycles. The molecule has 0 amide bonds. The van der Waals surface area contributed by atoms with E-state index in [1.54, 1.807) is 0 Å². The molecule has 46 heavy (non-hydrogen) atoms. The van der Waals surface area contributed by atoms with Crippen molar-refractivity contribution in [3.8, 4) is 28.7 Å². The fourth-order valence-corrected chi connectivity index (χ4v) is 4.40. The van der Waals surface area contributed by atoms with E-state index >= 15 is 0 Å². The predicted octanol–water partition coefficient (Wildman–Crippen LogP) is 10.4. The molecule has 0 aliphatic carbocycles. The zero-order valence-electron chi connectivity index (χ0n) is 23.1. The predicted molar refractivity (Wildman–Crippen MR) is 139 cm³/mol. The molecule has 4 aromatic carbocycles. The topological polar surface area (TPSA) is 9.23 Å². The van der Waals surface area contributed by atoms with E-state index in [2.05, 4.69) is 16.6 Å². The summed E-state index contributed by atoms with van der Waals surface area (Å²) in [6, 6.07) is 2.79. The molecule has 0 N–H and O–H groups in total. The number of ether oxygens (including phenoxy) is 1. The molecule has 0 aromatic heterocycles. The lowest BCUT2D eigenvalue weighted by molar-refractivity contribution is -0.189. The van der Waals surface area contributed by atoms with E-state index < -0.39 is 98.0 Å². The van der Waals surface area contributed by atoms with Crippen LogP contribution in [0.2, 0.25) is 0 Å². The van der Waals surface area contributed by atoms with Gasteiger partial charge in [-0.1, -0.05) is 25.2 Å². The third-order valence-corrected chi connectivity index (χ3v) is 6.46. The van der Waals surface area contributed by atoms with Gasteiger partial charge in [0.1, 0.15) is 63.4 Å². The molecule has 0 bridgehead atoms. The van der Waals surface area contributed by atoms with E-state index in [4.69, 9.17) is 0 Å². The lowest BCUT2D eigenvalue weighted by atomic mass is 9.99. The van der Waals surface area contributed by atoms with Crippen LogP contribution in [0.5, 0.6) is 5.75 Å². The zero-order valence-corrected chi connectivity index (χ0v) is 23.1. The summed E-state index contributed by atoms with van der Waals surface area (Å²) in [7, 11) is 0. The second-order valence-corrected chi connectivity index (χ2v) is 9.80. The highest BCUT2D eigenvalue weighted by Crippen LogP contribution is 2.40. The number of rotatable bonds is 7. The first-order valence-electron chi connectivity index (χ1n) is 13.0. The van der Waals surface area contributed by atoms with Crippen LogP contribution in [0, 0.1) is 58.4 Å². The molecule has 0 heterocycles. The van der Waals surface area contributed by atoms with E-state index in [1.165, 1.54) is 0 Å². The molecule has 1 nitrogen and oxygen atoms in total. The second kappa shape index (κ2) is 13.0. The highest BCUT2D eigenvalue weighted by Gasteiger charge is 2.43. The minimum absolute atomic E-state index is 0.0707. The highest BCUT2D eigenvalue weighted by atomic mass is 19.4. The van der Waals surface area contributed by atoms with Gasteiger partial charge in [0.15, 0.2) is 0 Å². The van der Waals surface area contributed by atoms with E-state index in [-0.39, 0.29) is 24.3 Å². The van der Waals surface area contributed by atoms with Crippen molar-refractivity contribution in [2.75, 3.05) is 0 Å². The molecular formula is C32H17F13O. The number of hydrogen-bond acceptors (Lipinski definition) is 1. The van der Waals surface area contributed by atoms with Crippen LogP contribution < -0.4 is 4.74 Å². The molecule has 14 heteroatoms. The fraction of sp³-hybridized carbons (Fsp3) is 0.188. The summed E-state index contributed by atoms with van der Waals surface area (Å²) in [6.07, 6.45) is -8.79. The van der Waals surface area contributed by atoms with Crippen LogP contribution in [-0.2, 0) is 18.7 Å². The third-order valence-electron chi connectivity index (χ3n) is 6.46. The van der Waals surface area contributed by atoms with Crippen molar-refractivity contribution in [2.45, 2.75) is 38.5 Å². The fourth-order valence-electron chi connectivity index (χ4n) is 4.40. The Morgan fingerprint density at radius 2 is 1.09 bits per heavy atom. The molecule has 242 valence electrons. The summed E-state index contributed by atoms with van der Waals surface area (Å²) in [5.74, 6) is -11.4. The maximum atomic E-state index is 14.9. The molecule has 0 aliphatic rings. The maximum absolute atomic E-state index is 14.9.